The highest BCUT2D eigenvalue weighted by Crippen LogP contribution is 2.48. The minimum absolute atomic E-state index is 0.863. The van der Waals surface area contributed by atoms with Gasteiger partial charge in [-0.3, -0.25) is 0 Å². The number of aromatic nitrogens is 1. The molecule has 0 spiro atoms. The summed E-state index contributed by atoms with van der Waals surface area (Å²) in [7, 11) is 0. The van der Waals surface area contributed by atoms with Crippen molar-refractivity contribution in [2.24, 2.45) is 0 Å². The van der Waals surface area contributed by atoms with E-state index in [1.807, 2.05) is 0 Å². The lowest BCUT2D eigenvalue weighted by molar-refractivity contribution is 0.599. The lowest BCUT2D eigenvalue weighted by atomic mass is 9.96. The second-order valence-electron chi connectivity index (χ2n) is 10.5. The zero-order chi connectivity index (χ0) is 27.9. The molecule has 0 aliphatic rings. The van der Waals surface area contributed by atoms with Gasteiger partial charge in [-0.25, -0.2) is 0 Å². The van der Waals surface area contributed by atoms with E-state index in [2.05, 4.69) is 168 Å². The van der Waals surface area contributed by atoms with Crippen molar-refractivity contribution in [2.45, 2.75) is 0 Å². The Hall–Kier alpha value is -5.60. The third kappa shape index (κ3) is 3.88. The first-order valence-electron chi connectivity index (χ1n) is 14.3. The lowest BCUT2D eigenvalue weighted by Crippen LogP contribution is -1.97. The second kappa shape index (κ2) is 10.1. The molecule has 0 fully saturated rings. The first-order chi connectivity index (χ1) is 20.9. The van der Waals surface area contributed by atoms with Crippen molar-refractivity contribution in [3.63, 3.8) is 0 Å². The van der Waals surface area contributed by atoms with E-state index in [1.54, 1.807) is 0 Å². The Balaban J connectivity index is 1.50. The van der Waals surface area contributed by atoms with Crippen LogP contribution in [0.15, 0.2) is 168 Å². The van der Waals surface area contributed by atoms with Gasteiger partial charge in [-0.2, -0.15) is 0 Å². The maximum atomic E-state index is 7.13. The average Bonchev–Trinajstić information content (AvgIpc) is 3.62. The van der Waals surface area contributed by atoms with Gasteiger partial charge in [0.25, 0.3) is 0 Å². The molecule has 0 unspecified atom stereocenters. The number of para-hydroxylation sites is 2. The first-order valence-corrected chi connectivity index (χ1v) is 14.3. The van der Waals surface area contributed by atoms with Gasteiger partial charge in [0, 0.05) is 33.0 Å². The number of hydrogen-bond donors (Lipinski definition) is 0. The van der Waals surface area contributed by atoms with Crippen molar-refractivity contribution >= 4 is 21.7 Å². The summed E-state index contributed by atoms with van der Waals surface area (Å²) >= 11 is 0. The molecule has 2 heterocycles. The summed E-state index contributed by atoms with van der Waals surface area (Å²) in [6.45, 7) is 0. The molecule has 198 valence electrons. The van der Waals surface area contributed by atoms with Gasteiger partial charge >= 0.3 is 0 Å². The van der Waals surface area contributed by atoms with Crippen molar-refractivity contribution < 1.29 is 4.42 Å². The van der Waals surface area contributed by atoms with E-state index in [4.69, 9.17) is 4.42 Å². The van der Waals surface area contributed by atoms with E-state index in [1.165, 1.54) is 10.9 Å². The van der Waals surface area contributed by atoms with Gasteiger partial charge in [0.15, 0.2) is 5.76 Å². The molecule has 0 amide bonds. The first kappa shape index (κ1) is 24.2. The molecule has 6 aromatic carbocycles. The normalized spacial score (nSPS) is 11.3. The molecule has 0 atom stereocenters. The SMILES string of the molecule is c1ccc(-c2ccccc2-c2oc(-c3c(-c4ccccc4)c4ccccc4n3-c3ccccc3)c3ccccc23)cc1. The summed E-state index contributed by atoms with van der Waals surface area (Å²) < 4.78 is 9.49. The summed E-state index contributed by atoms with van der Waals surface area (Å²) in [6, 6.07) is 57.6. The Morgan fingerprint density at radius 2 is 0.881 bits per heavy atom. The molecule has 2 aromatic heterocycles. The van der Waals surface area contributed by atoms with Crippen LogP contribution in [0.5, 0.6) is 0 Å². The van der Waals surface area contributed by atoms with E-state index >= 15 is 0 Å². The highest BCUT2D eigenvalue weighted by molar-refractivity contribution is 6.11. The largest absolute Gasteiger partial charge is 0.453 e. The molecule has 2 nitrogen and oxygen atoms in total. The zero-order valence-electron chi connectivity index (χ0n) is 22.9. The fourth-order valence-corrected chi connectivity index (χ4v) is 6.21. The second-order valence-corrected chi connectivity index (χ2v) is 10.5. The third-order valence-electron chi connectivity index (χ3n) is 8.04. The highest BCUT2D eigenvalue weighted by Gasteiger charge is 2.27. The van der Waals surface area contributed by atoms with Crippen LogP contribution in [0.2, 0.25) is 0 Å². The number of furan rings is 1. The molecular formula is C40H27NO. The van der Waals surface area contributed by atoms with Gasteiger partial charge in [-0.05, 0) is 34.9 Å². The summed E-state index contributed by atoms with van der Waals surface area (Å²) in [5.41, 5.74) is 9.00. The Morgan fingerprint density at radius 3 is 1.57 bits per heavy atom. The Bertz CT molecular complexity index is 2090. The smallest absolute Gasteiger partial charge is 0.160 e. The van der Waals surface area contributed by atoms with E-state index in [0.717, 1.165) is 61.4 Å². The van der Waals surface area contributed by atoms with Gasteiger partial charge in [0.05, 0.1) is 11.2 Å². The van der Waals surface area contributed by atoms with Crippen LogP contribution in [0.4, 0.5) is 0 Å². The van der Waals surface area contributed by atoms with Crippen LogP contribution in [-0.4, -0.2) is 4.57 Å². The summed E-state index contributed by atoms with van der Waals surface area (Å²) in [6.07, 6.45) is 0. The molecule has 0 saturated heterocycles. The number of nitrogens with zero attached hydrogens (tertiary/aromatic N) is 1. The van der Waals surface area contributed by atoms with E-state index < -0.39 is 0 Å². The predicted molar refractivity (Wildman–Crippen MR) is 175 cm³/mol. The van der Waals surface area contributed by atoms with E-state index in [9.17, 15) is 0 Å². The van der Waals surface area contributed by atoms with Gasteiger partial charge < -0.3 is 8.98 Å². The predicted octanol–water partition coefficient (Wildman–Crippen LogP) is 11.0. The van der Waals surface area contributed by atoms with Gasteiger partial charge in [-0.1, -0.05) is 146 Å². The molecule has 0 aliphatic heterocycles. The van der Waals surface area contributed by atoms with Crippen molar-refractivity contribution in [2.75, 3.05) is 0 Å². The molecule has 2 heteroatoms. The molecule has 8 aromatic rings. The quantitative estimate of drug-likeness (QED) is 0.213. The topological polar surface area (TPSA) is 18.1 Å². The standard InChI is InChI=1S/C40H27NO/c1-4-16-28(17-5-1)31-22-10-11-23-32(31)39-33-24-12-13-25-34(33)40(42-39)38-37(29-18-6-2-7-19-29)35-26-14-15-27-36(35)41(38)30-20-8-3-9-21-30/h1-27H. The highest BCUT2D eigenvalue weighted by atomic mass is 16.3. The minimum atomic E-state index is 0.863. The van der Waals surface area contributed by atoms with Crippen molar-refractivity contribution in [1.82, 2.24) is 4.57 Å². The van der Waals surface area contributed by atoms with Crippen LogP contribution in [-0.2, 0) is 0 Å². The van der Waals surface area contributed by atoms with Crippen LogP contribution in [0.25, 0.3) is 72.4 Å². The molecule has 0 bridgehead atoms. The third-order valence-corrected chi connectivity index (χ3v) is 8.04. The maximum absolute atomic E-state index is 7.13. The molecule has 0 radical (unpaired) electrons. The van der Waals surface area contributed by atoms with Gasteiger partial charge in [0.2, 0.25) is 0 Å². The van der Waals surface area contributed by atoms with Gasteiger partial charge in [-0.15, -0.1) is 0 Å². The van der Waals surface area contributed by atoms with Crippen LogP contribution >= 0.6 is 0 Å². The fourth-order valence-electron chi connectivity index (χ4n) is 6.21. The summed E-state index contributed by atoms with van der Waals surface area (Å²) in [4.78, 5) is 0. The molecular weight excluding hydrogens is 510 g/mol. The monoisotopic (exact) mass is 537 g/mol. The maximum Gasteiger partial charge on any atom is 0.160 e. The van der Waals surface area contributed by atoms with E-state index in [-0.39, 0.29) is 0 Å². The average molecular weight is 538 g/mol. The molecule has 42 heavy (non-hydrogen) atoms. The Morgan fingerprint density at radius 1 is 0.381 bits per heavy atom. The van der Waals surface area contributed by atoms with Crippen molar-refractivity contribution in [1.29, 1.82) is 0 Å². The van der Waals surface area contributed by atoms with E-state index in [0.29, 0.717) is 0 Å². The van der Waals surface area contributed by atoms with Crippen LogP contribution in [0.3, 0.4) is 0 Å². The number of hydrogen-bond acceptors (Lipinski definition) is 1. The van der Waals surface area contributed by atoms with Gasteiger partial charge in [0.1, 0.15) is 5.76 Å². The summed E-state index contributed by atoms with van der Waals surface area (Å²) in [5, 5.41) is 3.38. The molecule has 0 aliphatic carbocycles. The lowest BCUT2D eigenvalue weighted by Gasteiger charge is -2.12. The minimum Gasteiger partial charge on any atom is -0.453 e. The zero-order valence-corrected chi connectivity index (χ0v) is 22.9. The molecule has 8 rings (SSSR count). The van der Waals surface area contributed by atoms with Crippen LogP contribution < -0.4 is 0 Å². The van der Waals surface area contributed by atoms with Crippen molar-refractivity contribution in [3.05, 3.63) is 164 Å². The number of rotatable bonds is 5. The van der Waals surface area contributed by atoms with Crippen LogP contribution in [0, 0.1) is 0 Å². The Kier molecular flexibility index (Phi) is 5.82. The number of benzene rings is 6. The Labute approximate surface area is 244 Å². The summed E-state index contributed by atoms with van der Waals surface area (Å²) in [5.74, 6) is 1.74. The molecule has 0 saturated carbocycles. The molecule has 0 N–H and O–H groups in total. The fraction of sp³-hybridized carbons (Fsp3) is 0. The van der Waals surface area contributed by atoms with Crippen molar-refractivity contribution in [3.8, 4) is 50.7 Å². The van der Waals surface area contributed by atoms with Crippen LogP contribution in [0.1, 0.15) is 0 Å². The number of fused-ring (bicyclic) bond motifs is 2.